The average Bonchev–Trinajstić information content (AvgIpc) is 3.07. The Morgan fingerprint density at radius 3 is 2.81 bits per heavy atom. The zero-order valence-electron chi connectivity index (χ0n) is 14.7. The summed E-state index contributed by atoms with van der Waals surface area (Å²) in [5.74, 6) is -0.712. The largest absolute Gasteiger partial charge is 0.303 e. The molecule has 1 aromatic carbocycles. The summed E-state index contributed by atoms with van der Waals surface area (Å²) in [5.41, 5.74) is 1.10. The minimum atomic E-state index is -3.48. The van der Waals surface area contributed by atoms with Crippen LogP contribution in [0.25, 0.3) is 0 Å². The summed E-state index contributed by atoms with van der Waals surface area (Å²) >= 11 is 1.41. The molecule has 1 aliphatic rings. The van der Waals surface area contributed by atoms with E-state index in [4.69, 9.17) is 0 Å². The highest BCUT2D eigenvalue weighted by Gasteiger charge is 2.29. The van der Waals surface area contributed by atoms with Gasteiger partial charge in [-0.1, -0.05) is 19.9 Å². The lowest BCUT2D eigenvalue weighted by molar-refractivity contribution is -0.115. The topological polar surface area (TPSA) is 88.2 Å². The summed E-state index contributed by atoms with van der Waals surface area (Å²) in [5, 5.41) is 6.59. The molecule has 6 nitrogen and oxygen atoms in total. The highest BCUT2D eigenvalue weighted by Crippen LogP contribution is 2.36. The number of benzene rings is 1. The second-order valence-corrected chi connectivity index (χ2v) is 9.78. The van der Waals surface area contributed by atoms with Crippen molar-refractivity contribution >= 4 is 32.2 Å². The van der Waals surface area contributed by atoms with E-state index in [1.807, 2.05) is 0 Å². The van der Waals surface area contributed by atoms with Crippen LogP contribution < -0.4 is 10.6 Å². The second kappa shape index (κ2) is 7.05. The van der Waals surface area contributed by atoms with Crippen molar-refractivity contribution in [1.29, 1.82) is 0 Å². The Labute approximate surface area is 155 Å². The van der Waals surface area contributed by atoms with E-state index in [1.165, 1.54) is 23.5 Å². The Kier molecular flexibility index (Phi) is 5.14. The number of rotatable bonds is 5. The summed E-state index contributed by atoms with van der Waals surface area (Å²) in [6.07, 6.45) is 0.821. The maximum atomic E-state index is 14.1. The fourth-order valence-corrected chi connectivity index (χ4v) is 4.48. The lowest BCUT2D eigenvalue weighted by Gasteiger charge is -2.14. The van der Waals surface area contributed by atoms with Crippen LogP contribution in [0, 0.1) is 11.7 Å². The van der Waals surface area contributed by atoms with Gasteiger partial charge in [-0.25, -0.2) is 17.8 Å². The number of amides is 1. The minimum Gasteiger partial charge on any atom is -0.303 e. The molecule has 2 heterocycles. The SMILES string of the molecule is CC(C)[C@@H]1NCc2sc(NC(=O)Cc3ccc(S(C)(=O)=O)cc3F)nc21. The van der Waals surface area contributed by atoms with E-state index in [1.54, 1.807) is 0 Å². The predicted octanol–water partition coefficient (Wildman–Crippen LogP) is 2.67. The van der Waals surface area contributed by atoms with E-state index < -0.39 is 21.6 Å². The van der Waals surface area contributed by atoms with Gasteiger partial charge in [0.25, 0.3) is 0 Å². The summed E-state index contributed by atoms with van der Waals surface area (Å²) in [4.78, 5) is 17.7. The highest BCUT2D eigenvalue weighted by atomic mass is 32.2. The van der Waals surface area contributed by atoms with Gasteiger partial charge in [0.1, 0.15) is 5.82 Å². The van der Waals surface area contributed by atoms with Gasteiger partial charge in [0.05, 0.1) is 23.1 Å². The van der Waals surface area contributed by atoms with Gasteiger partial charge in [0.15, 0.2) is 15.0 Å². The maximum absolute atomic E-state index is 14.1. The molecule has 0 fully saturated rings. The molecule has 2 N–H and O–H groups in total. The van der Waals surface area contributed by atoms with Crippen molar-refractivity contribution in [3.8, 4) is 0 Å². The van der Waals surface area contributed by atoms with E-state index in [-0.39, 0.29) is 22.9 Å². The van der Waals surface area contributed by atoms with E-state index >= 15 is 0 Å². The van der Waals surface area contributed by atoms with E-state index in [2.05, 4.69) is 29.5 Å². The van der Waals surface area contributed by atoms with Crippen molar-refractivity contribution in [2.45, 2.75) is 37.8 Å². The number of hydrogen-bond donors (Lipinski definition) is 2. The number of nitrogens with zero attached hydrogens (tertiary/aromatic N) is 1. The van der Waals surface area contributed by atoms with E-state index in [0.717, 1.165) is 29.4 Å². The fraction of sp³-hybridized carbons (Fsp3) is 0.412. The molecule has 0 spiro atoms. The summed E-state index contributed by atoms with van der Waals surface area (Å²) < 4.78 is 37.0. The number of halogens is 1. The van der Waals surface area contributed by atoms with Gasteiger partial charge in [-0.05, 0) is 23.6 Å². The Bertz CT molecular complexity index is 954. The first-order chi connectivity index (χ1) is 12.1. The molecule has 0 aliphatic carbocycles. The van der Waals surface area contributed by atoms with Crippen LogP contribution in [0.15, 0.2) is 23.1 Å². The molecule has 0 saturated carbocycles. The van der Waals surface area contributed by atoms with Crippen LogP contribution in [0.4, 0.5) is 9.52 Å². The molecule has 9 heteroatoms. The molecule has 0 radical (unpaired) electrons. The van der Waals surface area contributed by atoms with Crippen LogP contribution in [-0.2, 0) is 27.6 Å². The minimum absolute atomic E-state index is 0.109. The third-order valence-electron chi connectivity index (χ3n) is 4.22. The monoisotopic (exact) mass is 397 g/mol. The molecule has 1 aromatic heterocycles. The van der Waals surface area contributed by atoms with Crippen molar-refractivity contribution in [2.75, 3.05) is 11.6 Å². The van der Waals surface area contributed by atoms with E-state index in [0.29, 0.717) is 11.0 Å². The smallest absolute Gasteiger partial charge is 0.230 e. The van der Waals surface area contributed by atoms with Gasteiger partial charge >= 0.3 is 0 Å². The molecular formula is C17H20FN3O3S2. The number of aromatic nitrogens is 1. The van der Waals surface area contributed by atoms with Gasteiger partial charge in [-0.3, -0.25) is 4.79 Å². The highest BCUT2D eigenvalue weighted by molar-refractivity contribution is 7.90. The number of anilines is 1. The molecule has 1 atom stereocenters. The van der Waals surface area contributed by atoms with Gasteiger partial charge in [-0.2, -0.15) is 0 Å². The number of carbonyl (C=O) groups is 1. The molecule has 140 valence electrons. The Balaban J connectivity index is 1.70. The van der Waals surface area contributed by atoms with Crippen molar-refractivity contribution in [2.24, 2.45) is 5.92 Å². The van der Waals surface area contributed by atoms with Crippen molar-refractivity contribution in [3.63, 3.8) is 0 Å². The first-order valence-corrected chi connectivity index (χ1v) is 10.9. The van der Waals surface area contributed by atoms with Gasteiger partial charge < -0.3 is 10.6 Å². The summed E-state index contributed by atoms with van der Waals surface area (Å²) in [6, 6.07) is 3.74. The first kappa shape index (κ1) is 18.9. The molecular weight excluding hydrogens is 377 g/mol. The summed E-state index contributed by atoms with van der Waals surface area (Å²) in [6.45, 7) is 4.94. The van der Waals surface area contributed by atoms with Gasteiger partial charge in [-0.15, -0.1) is 11.3 Å². The molecule has 0 unspecified atom stereocenters. The number of hydrogen-bond acceptors (Lipinski definition) is 6. The third-order valence-corrected chi connectivity index (χ3v) is 6.32. The molecule has 1 amide bonds. The Morgan fingerprint density at radius 2 is 2.19 bits per heavy atom. The molecule has 26 heavy (non-hydrogen) atoms. The average molecular weight is 397 g/mol. The van der Waals surface area contributed by atoms with Crippen LogP contribution >= 0.6 is 11.3 Å². The standard InChI is InChI=1S/C17H20FN3O3S2/c1-9(2)15-16-13(8-19-15)25-17(21-16)20-14(22)6-10-4-5-11(7-12(10)18)26(3,23)24/h4-5,7,9,15,19H,6,8H2,1-3H3,(H,20,21,22)/t15-/m0/s1. The second-order valence-electron chi connectivity index (χ2n) is 6.68. The number of fused-ring (bicyclic) bond motifs is 1. The quantitative estimate of drug-likeness (QED) is 0.810. The molecule has 0 saturated heterocycles. The Hall–Kier alpha value is -1.84. The van der Waals surface area contributed by atoms with Crippen LogP contribution in [-0.4, -0.2) is 25.6 Å². The fourth-order valence-electron chi connectivity index (χ4n) is 2.88. The van der Waals surface area contributed by atoms with Crippen LogP contribution in [0.2, 0.25) is 0 Å². The van der Waals surface area contributed by atoms with Crippen molar-refractivity contribution in [1.82, 2.24) is 10.3 Å². The Morgan fingerprint density at radius 1 is 1.46 bits per heavy atom. The molecule has 0 bridgehead atoms. The lowest BCUT2D eigenvalue weighted by atomic mass is 10.0. The molecule has 1 aliphatic heterocycles. The normalized spacial score (nSPS) is 16.7. The predicted molar refractivity (Wildman–Crippen MR) is 98.4 cm³/mol. The number of carbonyl (C=O) groups excluding carboxylic acids is 1. The van der Waals surface area contributed by atoms with Crippen LogP contribution in [0.5, 0.6) is 0 Å². The lowest BCUT2D eigenvalue weighted by Crippen LogP contribution is -2.19. The number of thiazole rings is 1. The maximum Gasteiger partial charge on any atom is 0.230 e. The van der Waals surface area contributed by atoms with Crippen LogP contribution in [0.1, 0.15) is 36.0 Å². The van der Waals surface area contributed by atoms with E-state index in [9.17, 15) is 17.6 Å². The summed E-state index contributed by atoms with van der Waals surface area (Å²) in [7, 11) is -3.48. The van der Waals surface area contributed by atoms with Gasteiger partial charge in [0, 0.05) is 17.7 Å². The third kappa shape index (κ3) is 3.94. The molecule has 2 aromatic rings. The van der Waals surface area contributed by atoms with Crippen LogP contribution in [0.3, 0.4) is 0 Å². The van der Waals surface area contributed by atoms with Crippen molar-refractivity contribution < 1.29 is 17.6 Å². The number of sulfone groups is 1. The number of nitrogens with one attached hydrogen (secondary N) is 2. The zero-order chi connectivity index (χ0) is 19.1. The van der Waals surface area contributed by atoms with Gasteiger partial charge in [0.2, 0.25) is 5.91 Å². The first-order valence-electron chi connectivity index (χ1n) is 8.16. The zero-order valence-corrected chi connectivity index (χ0v) is 16.3. The molecule has 3 rings (SSSR count). The van der Waals surface area contributed by atoms with Crippen molar-refractivity contribution in [3.05, 3.63) is 40.2 Å².